The molecule has 120 valence electrons. The van der Waals surface area contributed by atoms with Gasteiger partial charge in [0.25, 0.3) is 0 Å². The average Bonchev–Trinajstić information content (AvgIpc) is 2.84. The monoisotopic (exact) mass is 351 g/mol. The summed E-state index contributed by atoms with van der Waals surface area (Å²) in [4.78, 5) is 10.5. The number of fused-ring (bicyclic) bond motifs is 1. The molecule has 0 atom stereocenters. The summed E-state index contributed by atoms with van der Waals surface area (Å²) in [7, 11) is 1.64. The van der Waals surface area contributed by atoms with Crippen molar-refractivity contribution in [2.24, 2.45) is 0 Å². The van der Waals surface area contributed by atoms with Crippen LogP contribution in [0.5, 0.6) is 0 Å². The number of benzene rings is 1. The van der Waals surface area contributed by atoms with Crippen molar-refractivity contribution in [2.75, 3.05) is 25.6 Å². The van der Waals surface area contributed by atoms with E-state index in [1.54, 1.807) is 30.6 Å². The van der Waals surface area contributed by atoms with Gasteiger partial charge in [0.05, 0.1) is 12.0 Å². The number of rotatable bonds is 5. The lowest BCUT2D eigenvalue weighted by atomic mass is 10.0. The second kappa shape index (κ2) is 6.78. The molecule has 0 aliphatic rings. The van der Waals surface area contributed by atoms with Gasteiger partial charge >= 0.3 is 0 Å². The Bertz CT molecular complexity index is 835. The highest BCUT2D eigenvalue weighted by atomic mass is 35.5. The van der Waals surface area contributed by atoms with Crippen LogP contribution in [-0.2, 0) is 4.74 Å². The quantitative estimate of drug-likeness (QED) is 0.542. The van der Waals surface area contributed by atoms with E-state index in [4.69, 9.17) is 16.3 Å². The third-order valence-corrected chi connectivity index (χ3v) is 4.60. The number of halogens is 2. The molecule has 0 aliphatic carbocycles. The number of aryl methyl sites for hydroxylation is 1. The predicted molar refractivity (Wildman–Crippen MR) is 92.9 cm³/mol. The van der Waals surface area contributed by atoms with Gasteiger partial charge in [-0.2, -0.15) is 0 Å². The largest absolute Gasteiger partial charge is 0.383 e. The van der Waals surface area contributed by atoms with E-state index in [0.717, 1.165) is 26.2 Å². The summed E-state index contributed by atoms with van der Waals surface area (Å²) in [6, 6.07) is 6.43. The number of aromatic nitrogens is 2. The highest BCUT2D eigenvalue weighted by Gasteiger charge is 2.18. The van der Waals surface area contributed by atoms with E-state index in [0.29, 0.717) is 19.0 Å². The van der Waals surface area contributed by atoms with Gasteiger partial charge < -0.3 is 10.1 Å². The van der Waals surface area contributed by atoms with Crippen molar-refractivity contribution in [2.45, 2.75) is 6.92 Å². The second-order valence-corrected chi connectivity index (χ2v) is 6.52. The summed E-state index contributed by atoms with van der Waals surface area (Å²) in [6.45, 7) is 3.17. The summed E-state index contributed by atoms with van der Waals surface area (Å²) in [5.74, 6) is 0.407. The number of nitrogens with zero attached hydrogens (tertiary/aromatic N) is 2. The molecule has 4 nitrogen and oxygen atoms in total. The SMILES string of the molecule is COCCNc1nc(Cl)nc2sc(C)c(-c3ccc(F)cc3)c12. The lowest BCUT2D eigenvalue weighted by molar-refractivity contribution is 0.210. The van der Waals surface area contributed by atoms with Crippen molar-refractivity contribution in [3.63, 3.8) is 0 Å². The van der Waals surface area contributed by atoms with E-state index in [-0.39, 0.29) is 11.1 Å². The molecule has 3 aromatic rings. The third-order valence-electron chi connectivity index (χ3n) is 3.43. The number of anilines is 1. The van der Waals surface area contributed by atoms with Gasteiger partial charge in [-0.05, 0) is 36.2 Å². The van der Waals surface area contributed by atoms with Crippen molar-refractivity contribution in [3.8, 4) is 11.1 Å². The van der Waals surface area contributed by atoms with Crippen molar-refractivity contribution in [1.29, 1.82) is 0 Å². The summed E-state index contributed by atoms with van der Waals surface area (Å²) in [5.41, 5.74) is 1.93. The topological polar surface area (TPSA) is 47.0 Å². The summed E-state index contributed by atoms with van der Waals surface area (Å²) in [5, 5.41) is 4.34. The molecule has 0 spiro atoms. The fourth-order valence-corrected chi connectivity index (χ4v) is 3.71. The van der Waals surface area contributed by atoms with Crippen molar-refractivity contribution < 1.29 is 9.13 Å². The smallest absolute Gasteiger partial charge is 0.225 e. The summed E-state index contributed by atoms with van der Waals surface area (Å²) >= 11 is 7.57. The summed E-state index contributed by atoms with van der Waals surface area (Å²) < 4.78 is 18.3. The van der Waals surface area contributed by atoms with E-state index in [1.807, 2.05) is 6.92 Å². The zero-order valence-corrected chi connectivity index (χ0v) is 14.3. The number of methoxy groups -OCH3 is 1. The Hall–Kier alpha value is -1.76. The van der Waals surface area contributed by atoms with Crippen LogP contribution in [0.2, 0.25) is 5.28 Å². The van der Waals surface area contributed by atoms with Gasteiger partial charge in [-0.1, -0.05) is 12.1 Å². The standard InChI is InChI=1S/C16H15ClFN3OS/c1-9-12(10-3-5-11(18)6-4-10)13-14(19-7-8-22-2)20-16(17)21-15(13)23-9/h3-6H,7-8H2,1-2H3,(H,19,20,21). The molecule has 0 radical (unpaired) electrons. The molecule has 2 aromatic heterocycles. The molecule has 0 amide bonds. The molecule has 1 N–H and O–H groups in total. The molecule has 0 aliphatic heterocycles. The van der Waals surface area contributed by atoms with Crippen LogP contribution in [0, 0.1) is 12.7 Å². The second-order valence-electron chi connectivity index (χ2n) is 4.98. The van der Waals surface area contributed by atoms with Gasteiger partial charge in [0, 0.05) is 24.1 Å². The number of ether oxygens (including phenoxy) is 1. The zero-order chi connectivity index (χ0) is 16.4. The van der Waals surface area contributed by atoms with Crippen molar-refractivity contribution >= 4 is 39.0 Å². The lowest BCUT2D eigenvalue weighted by Crippen LogP contribution is -2.09. The van der Waals surface area contributed by atoms with Crippen LogP contribution in [0.25, 0.3) is 21.3 Å². The molecule has 0 fully saturated rings. The van der Waals surface area contributed by atoms with E-state index >= 15 is 0 Å². The van der Waals surface area contributed by atoms with Crippen molar-refractivity contribution in [1.82, 2.24) is 9.97 Å². The van der Waals surface area contributed by atoms with E-state index in [2.05, 4.69) is 15.3 Å². The normalized spacial score (nSPS) is 11.1. The molecule has 0 unspecified atom stereocenters. The van der Waals surface area contributed by atoms with E-state index < -0.39 is 0 Å². The number of nitrogens with one attached hydrogen (secondary N) is 1. The lowest BCUT2D eigenvalue weighted by Gasteiger charge is -2.09. The van der Waals surface area contributed by atoms with Crippen LogP contribution in [0.15, 0.2) is 24.3 Å². The fraction of sp³-hybridized carbons (Fsp3) is 0.250. The Balaban J connectivity index is 2.16. The first-order valence-electron chi connectivity index (χ1n) is 7.05. The first kappa shape index (κ1) is 16.1. The fourth-order valence-electron chi connectivity index (χ4n) is 2.45. The molecule has 2 heterocycles. The number of thiophene rings is 1. The van der Waals surface area contributed by atoms with Crippen molar-refractivity contribution in [3.05, 3.63) is 40.2 Å². The highest BCUT2D eigenvalue weighted by Crippen LogP contribution is 2.41. The first-order chi connectivity index (χ1) is 11.1. The minimum atomic E-state index is -0.260. The Morgan fingerprint density at radius 2 is 2.00 bits per heavy atom. The molecule has 0 bridgehead atoms. The van der Waals surface area contributed by atoms with Gasteiger partial charge in [-0.15, -0.1) is 11.3 Å². The van der Waals surface area contributed by atoms with Gasteiger partial charge in [0.1, 0.15) is 16.5 Å². The Labute approximate surface area is 142 Å². The number of hydrogen-bond acceptors (Lipinski definition) is 5. The maximum absolute atomic E-state index is 13.2. The Kier molecular flexibility index (Phi) is 4.75. The minimum absolute atomic E-state index is 0.198. The number of hydrogen-bond donors (Lipinski definition) is 1. The van der Waals surface area contributed by atoms with Crippen LogP contribution in [0.1, 0.15) is 4.88 Å². The molecule has 0 saturated heterocycles. The molecular weight excluding hydrogens is 337 g/mol. The molecule has 0 saturated carbocycles. The van der Waals surface area contributed by atoms with Crippen LogP contribution in [0.3, 0.4) is 0 Å². The van der Waals surface area contributed by atoms with Gasteiger partial charge in [-0.3, -0.25) is 0 Å². The Morgan fingerprint density at radius 3 is 2.70 bits per heavy atom. The van der Waals surface area contributed by atoms with Crippen LogP contribution < -0.4 is 5.32 Å². The van der Waals surface area contributed by atoms with Gasteiger partial charge in [-0.25, -0.2) is 14.4 Å². The average molecular weight is 352 g/mol. The predicted octanol–water partition coefficient (Wildman–Crippen LogP) is 4.52. The maximum Gasteiger partial charge on any atom is 0.225 e. The van der Waals surface area contributed by atoms with E-state index in [1.165, 1.54) is 12.1 Å². The summed E-state index contributed by atoms with van der Waals surface area (Å²) in [6.07, 6.45) is 0. The van der Waals surface area contributed by atoms with E-state index in [9.17, 15) is 4.39 Å². The zero-order valence-electron chi connectivity index (χ0n) is 12.7. The van der Waals surface area contributed by atoms with Gasteiger partial charge in [0.15, 0.2) is 0 Å². The molecule has 3 rings (SSSR count). The van der Waals surface area contributed by atoms with Crippen LogP contribution in [-0.4, -0.2) is 30.2 Å². The maximum atomic E-state index is 13.2. The first-order valence-corrected chi connectivity index (χ1v) is 8.25. The highest BCUT2D eigenvalue weighted by molar-refractivity contribution is 7.19. The molecular formula is C16H15ClFN3OS. The third kappa shape index (κ3) is 3.29. The molecule has 1 aromatic carbocycles. The van der Waals surface area contributed by atoms with Crippen LogP contribution in [0.4, 0.5) is 10.2 Å². The molecule has 23 heavy (non-hydrogen) atoms. The molecule has 7 heteroatoms. The van der Waals surface area contributed by atoms with Crippen LogP contribution >= 0.6 is 22.9 Å². The minimum Gasteiger partial charge on any atom is -0.383 e. The Morgan fingerprint density at radius 1 is 1.26 bits per heavy atom. The van der Waals surface area contributed by atoms with Gasteiger partial charge in [0.2, 0.25) is 5.28 Å².